The number of anilines is 1. The fourth-order valence-electron chi connectivity index (χ4n) is 3.79. The van der Waals surface area contributed by atoms with Gasteiger partial charge in [-0.15, -0.1) is 11.3 Å². The van der Waals surface area contributed by atoms with Gasteiger partial charge in [-0.1, -0.05) is 47.0 Å². The van der Waals surface area contributed by atoms with Crippen molar-refractivity contribution < 1.29 is 14.4 Å². The zero-order valence-electron chi connectivity index (χ0n) is 19.4. The van der Waals surface area contributed by atoms with Crippen LogP contribution in [0.15, 0.2) is 5.38 Å². The monoisotopic (exact) mass is 450 g/mol. The van der Waals surface area contributed by atoms with Gasteiger partial charge in [-0.3, -0.25) is 14.4 Å². The van der Waals surface area contributed by atoms with Crippen LogP contribution in [0, 0.1) is 17.8 Å². The molecular formula is C23H38N4O3S. The number of thiazole rings is 1. The molecule has 1 aliphatic carbocycles. The van der Waals surface area contributed by atoms with Crippen LogP contribution in [0.2, 0.25) is 0 Å². The summed E-state index contributed by atoms with van der Waals surface area (Å²) in [5.41, 5.74) is 0.639. The largest absolute Gasteiger partial charge is 0.356 e. The molecule has 0 spiro atoms. The Kier molecular flexibility index (Phi) is 10.4. The second kappa shape index (κ2) is 12.8. The van der Waals surface area contributed by atoms with Crippen LogP contribution in [0.25, 0.3) is 0 Å². The summed E-state index contributed by atoms with van der Waals surface area (Å²) < 4.78 is 0. The fourth-order valence-corrected chi connectivity index (χ4v) is 4.51. The Bertz CT molecular complexity index is 726. The van der Waals surface area contributed by atoms with Crippen LogP contribution < -0.4 is 10.6 Å². The van der Waals surface area contributed by atoms with Gasteiger partial charge in [0, 0.05) is 24.4 Å². The van der Waals surface area contributed by atoms with E-state index in [2.05, 4.69) is 43.3 Å². The third kappa shape index (κ3) is 9.37. The van der Waals surface area contributed by atoms with E-state index in [1.807, 2.05) is 0 Å². The first kappa shape index (κ1) is 25.3. The van der Waals surface area contributed by atoms with Gasteiger partial charge in [0.2, 0.25) is 17.7 Å². The van der Waals surface area contributed by atoms with Crippen LogP contribution in [-0.4, -0.2) is 47.2 Å². The lowest BCUT2D eigenvalue weighted by atomic mass is 9.88. The van der Waals surface area contributed by atoms with E-state index in [0.717, 1.165) is 32.1 Å². The molecule has 1 heterocycles. The van der Waals surface area contributed by atoms with Gasteiger partial charge in [-0.05, 0) is 31.1 Å². The standard InChI is InChI=1S/C23H38N4O3S/c1-16(2)10-11-24-20(28)12-19-15-31-23(25-19)26-21(29)14-27(13-17(3)4)22(30)18-8-6-5-7-9-18/h15-18H,5-14H2,1-4H3,(H,24,28)(H,25,26,29). The minimum Gasteiger partial charge on any atom is -0.356 e. The van der Waals surface area contributed by atoms with E-state index in [-0.39, 0.29) is 36.6 Å². The number of hydrogen-bond acceptors (Lipinski definition) is 5. The van der Waals surface area contributed by atoms with Gasteiger partial charge in [0.05, 0.1) is 18.7 Å². The van der Waals surface area contributed by atoms with Gasteiger partial charge in [-0.2, -0.15) is 0 Å². The third-order valence-corrected chi connectivity index (χ3v) is 6.18. The van der Waals surface area contributed by atoms with E-state index >= 15 is 0 Å². The molecule has 2 N–H and O–H groups in total. The van der Waals surface area contributed by atoms with Crippen molar-refractivity contribution >= 4 is 34.2 Å². The summed E-state index contributed by atoms with van der Waals surface area (Å²) in [5.74, 6) is 0.669. The molecule has 174 valence electrons. The molecule has 0 radical (unpaired) electrons. The number of hydrogen-bond donors (Lipinski definition) is 2. The van der Waals surface area contributed by atoms with Crippen LogP contribution in [0.5, 0.6) is 0 Å². The Morgan fingerprint density at radius 3 is 2.45 bits per heavy atom. The smallest absolute Gasteiger partial charge is 0.245 e. The highest BCUT2D eigenvalue weighted by atomic mass is 32.1. The number of carbonyl (C=O) groups is 3. The number of aromatic nitrogens is 1. The van der Waals surface area contributed by atoms with Crippen molar-refractivity contribution in [2.45, 2.75) is 72.6 Å². The fraction of sp³-hybridized carbons (Fsp3) is 0.739. The zero-order chi connectivity index (χ0) is 22.8. The van der Waals surface area contributed by atoms with Crippen LogP contribution >= 0.6 is 11.3 Å². The van der Waals surface area contributed by atoms with Gasteiger partial charge < -0.3 is 15.5 Å². The first-order chi connectivity index (χ1) is 14.7. The van der Waals surface area contributed by atoms with E-state index in [9.17, 15) is 14.4 Å². The second-order valence-corrected chi connectivity index (χ2v) is 10.2. The lowest BCUT2D eigenvalue weighted by Gasteiger charge is -2.30. The quantitative estimate of drug-likeness (QED) is 0.536. The first-order valence-corrected chi connectivity index (χ1v) is 12.4. The van der Waals surface area contributed by atoms with Crippen LogP contribution in [-0.2, 0) is 20.8 Å². The number of rotatable bonds is 11. The maximum Gasteiger partial charge on any atom is 0.245 e. The topological polar surface area (TPSA) is 91.4 Å². The van der Waals surface area contributed by atoms with E-state index < -0.39 is 0 Å². The van der Waals surface area contributed by atoms with Crippen LogP contribution in [0.4, 0.5) is 5.13 Å². The number of nitrogens with one attached hydrogen (secondary N) is 2. The molecule has 1 saturated carbocycles. The van der Waals surface area contributed by atoms with Gasteiger partial charge in [-0.25, -0.2) is 4.98 Å². The second-order valence-electron chi connectivity index (χ2n) is 9.35. The molecule has 0 unspecified atom stereocenters. The third-order valence-electron chi connectivity index (χ3n) is 5.37. The Balaban J connectivity index is 1.86. The Labute approximate surface area is 190 Å². The summed E-state index contributed by atoms with van der Waals surface area (Å²) in [7, 11) is 0. The van der Waals surface area contributed by atoms with E-state index in [0.29, 0.717) is 35.8 Å². The van der Waals surface area contributed by atoms with Gasteiger partial charge >= 0.3 is 0 Å². The molecular weight excluding hydrogens is 412 g/mol. The average Bonchev–Trinajstić information content (AvgIpc) is 3.13. The number of amides is 3. The molecule has 8 heteroatoms. The Hall–Kier alpha value is -1.96. The Morgan fingerprint density at radius 1 is 1.10 bits per heavy atom. The molecule has 0 aromatic carbocycles. The highest BCUT2D eigenvalue weighted by Crippen LogP contribution is 2.26. The molecule has 31 heavy (non-hydrogen) atoms. The normalized spacial score (nSPS) is 14.6. The van der Waals surface area contributed by atoms with Crippen molar-refractivity contribution in [3.63, 3.8) is 0 Å². The van der Waals surface area contributed by atoms with E-state index in [1.165, 1.54) is 17.8 Å². The molecule has 1 aliphatic rings. The van der Waals surface area contributed by atoms with Crippen LogP contribution in [0.3, 0.4) is 0 Å². The van der Waals surface area contributed by atoms with Crippen molar-refractivity contribution in [1.82, 2.24) is 15.2 Å². The average molecular weight is 451 g/mol. The lowest BCUT2D eigenvalue weighted by molar-refractivity contribution is -0.139. The molecule has 3 amide bonds. The molecule has 0 atom stereocenters. The predicted molar refractivity (Wildman–Crippen MR) is 125 cm³/mol. The van der Waals surface area contributed by atoms with E-state index in [4.69, 9.17) is 0 Å². The van der Waals surface area contributed by atoms with Gasteiger partial charge in [0.1, 0.15) is 0 Å². The van der Waals surface area contributed by atoms with Crippen LogP contribution in [0.1, 0.15) is 71.9 Å². The zero-order valence-corrected chi connectivity index (χ0v) is 20.2. The minimum atomic E-state index is -0.243. The van der Waals surface area contributed by atoms with Crippen molar-refractivity contribution in [3.05, 3.63) is 11.1 Å². The SMILES string of the molecule is CC(C)CCNC(=O)Cc1csc(NC(=O)CN(CC(C)C)C(=O)C2CCCCC2)n1. The molecule has 7 nitrogen and oxygen atoms in total. The maximum absolute atomic E-state index is 13.0. The highest BCUT2D eigenvalue weighted by Gasteiger charge is 2.27. The Morgan fingerprint density at radius 2 is 1.81 bits per heavy atom. The van der Waals surface area contributed by atoms with Gasteiger partial charge in [0.25, 0.3) is 0 Å². The summed E-state index contributed by atoms with van der Waals surface area (Å²) in [6, 6.07) is 0. The van der Waals surface area contributed by atoms with Crippen molar-refractivity contribution in [3.8, 4) is 0 Å². The summed E-state index contributed by atoms with van der Waals surface area (Å²) in [6.07, 6.45) is 6.35. The summed E-state index contributed by atoms with van der Waals surface area (Å²) in [6.45, 7) is 9.61. The molecule has 1 aromatic rings. The number of nitrogens with zero attached hydrogens (tertiary/aromatic N) is 2. The van der Waals surface area contributed by atoms with Crippen molar-refractivity contribution in [2.75, 3.05) is 25.0 Å². The van der Waals surface area contributed by atoms with Crippen molar-refractivity contribution in [2.24, 2.45) is 17.8 Å². The molecule has 2 rings (SSSR count). The van der Waals surface area contributed by atoms with Crippen molar-refractivity contribution in [1.29, 1.82) is 0 Å². The van der Waals surface area contributed by atoms with E-state index in [1.54, 1.807) is 10.3 Å². The summed E-state index contributed by atoms with van der Waals surface area (Å²) in [5, 5.41) is 7.94. The maximum atomic E-state index is 13.0. The summed E-state index contributed by atoms with van der Waals surface area (Å²) in [4.78, 5) is 43.7. The minimum absolute atomic E-state index is 0.0398. The molecule has 0 saturated heterocycles. The summed E-state index contributed by atoms with van der Waals surface area (Å²) >= 11 is 1.30. The molecule has 0 bridgehead atoms. The molecule has 1 aromatic heterocycles. The molecule has 0 aliphatic heterocycles. The van der Waals surface area contributed by atoms with Gasteiger partial charge in [0.15, 0.2) is 5.13 Å². The lowest BCUT2D eigenvalue weighted by Crippen LogP contribution is -2.43. The predicted octanol–water partition coefficient (Wildman–Crippen LogP) is 3.85. The number of carbonyl (C=O) groups excluding carboxylic acids is 3. The molecule has 1 fully saturated rings. The first-order valence-electron chi connectivity index (χ1n) is 11.5. The highest BCUT2D eigenvalue weighted by molar-refractivity contribution is 7.13.